The highest BCUT2D eigenvalue weighted by Gasteiger charge is 2.51. The summed E-state index contributed by atoms with van der Waals surface area (Å²) in [6, 6.07) is 91.6. The van der Waals surface area contributed by atoms with Gasteiger partial charge >= 0.3 is 7.12 Å². The van der Waals surface area contributed by atoms with Crippen molar-refractivity contribution in [2.24, 2.45) is 0 Å². The van der Waals surface area contributed by atoms with Gasteiger partial charge in [0.2, 0.25) is 0 Å². The van der Waals surface area contributed by atoms with Crippen LogP contribution in [-0.2, 0) is 9.31 Å². The molecule has 4 aromatic heterocycles. The molecule has 400 valence electrons. The van der Waals surface area contributed by atoms with Crippen LogP contribution in [0.2, 0.25) is 0 Å². The molecular weight excluding hydrogens is 1070 g/mol. The fourth-order valence-electron chi connectivity index (χ4n) is 12.3. The van der Waals surface area contributed by atoms with Crippen molar-refractivity contribution in [2.75, 3.05) is 0 Å². The fourth-order valence-corrected chi connectivity index (χ4v) is 12.6. The first kappa shape index (κ1) is 52.4. The molecule has 11 aromatic carbocycles. The minimum atomic E-state index is -0.418. The van der Waals surface area contributed by atoms with E-state index in [2.05, 4.69) is 317 Å². The third-order valence-electron chi connectivity index (χ3n) is 16.9. The predicted molar refractivity (Wildman–Crippen MR) is 348 cm³/mol. The van der Waals surface area contributed by atoms with Crippen molar-refractivity contribution in [3.8, 4) is 33.9 Å². The summed E-state index contributed by atoms with van der Waals surface area (Å²) >= 11 is 3.58. The number of nitrogens with zero attached hydrogens (tertiary/aromatic N) is 4. The Morgan fingerprint density at radius 3 is 1.01 bits per heavy atom. The average Bonchev–Trinajstić information content (AvgIpc) is 4.46. The van der Waals surface area contributed by atoms with Gasteiger partial charge in [-0.15, -0.1) is 0 Å². The van der Waals surface area contributed by atoms with Crippen molar-refractivity contribution in [1.82, 2.24) is 18.3 Å². The zero-order valence-corrected chi connectivity index (χ0v) is 46.8. The molecule has 16 rings (SSSR count). The van der Waals surface area contributed by atoms with Crippen LogP contribution in [0.4, 0.5) is 4.70 Å². The third kappa shape index (κ3) is 8.36. The van der Waals surface area contributed by atoms with Crippen LogP contribution in [0.1, 0.15) is 35.1 Å². The number of fused-ring (bicyclic) bond motifs is 12. The summed E-state index contributed by atoms with van der Waals surface area (Å²) in [6.07, 6.45) is 0. The van der Waals surface area contributed by atoms with E-state index in [4.69, 9.17) is 9.31 Å². The number of aromatic nitrogens is 4. The molecule has 1 aliphatic heterocycles. The molecule has 5 heterocycles. The Morgan fingerprint density at radius 2 is 0.610 bits per heavy atom. The van der Waals surface area contributed by atoms with E-state index < -0.39 is 18.3 Å². The highest BCUT2D eigenvalue weighted by atomic mass is 79.9. The van der Waals surface area contributed by atoms with Crippen molar-refractivity contribution >= 4 is 116 Å². The Hall–Kier alpha value is -8.99. The first-order valence-corrected chi connectivity index (χ1v) is 28.2. The van der Waals surface area contributed by atoms with Crippen molar-refractivity contribution in [3.05, 3.63) is 259 Å². The van der Waals surface area contributed by atoms with Crippen LogP contribution in [0.15, 0.2) is 259 Å². The largest absolute Gasteiger partial charge is 0.494 e. The predicted octanol–water partition coefficient (Wildman–Crippen LogP) is 19.3. The van der Waals surface area contributed by atoms with Gasteiger partial charge in [0.05, 0.1) is 55.3 Å². The average molecular weight is 1130 g/mol. The van der Waals surface area contributed by atoms with Gasteiger partial charge in [0.25, 0.3) is 0 Å². The molecule has 1 aliphatic rings. The van der Waals surface area contributed by atoms with Gasteiger partial charge in [-0.1, -0.05) is 163 Å². The van der Waals surface area contributed by atoms with E-state index in [0.717, 1.165) is 26.8 Å². The van der Waals surface area contributed by atoms with Crippen LogP contribution in [0.3, 0.4) is 0 Å². The molecule has 0 aliphatic carbocycles. The molecule has 9 heteroatoms. The van der Waals surface area contributed by atoms with E-state index in [9.17, 15) is 0 Å². The van der Waals surface area contributed by atoms with Crippen molar-refractivity contribution in [1.29, 1.82) is 0 Å². The van der Waals surface area contributed by atoms with Crippen molar-refractivity contribution < 1.29 is 14.0 Å². The van der Waals surface area contributed by atoms with Crippen LogP contribution >= 0.6 is 15.9 Å². The standard InChI is InChI=1S/C36H31BN2O2.C36H23BrN2.CH4.FH/c1-35(2)36(3,4)41-37(40-35)24-19-20-32-28(21-24)30-23-33-29(22-34(30)39(32)26-15-9-6-10-16-26)27-17-11-12-18-31(27)38(33)25-13-7-5-8-14-25;37-26-18-15-24(16-19-26)25-17-20-34-30(21-25)32-23-35-31(22-36(32)39(34)28-11-5-2-6-12-28)29-13-7-8-14-33(29)38(35)27-9-3-1-4-10-27;;/h5-23H,1-4H3;1-23H;1H4;1H. The molecule has 1 saturated heterocycles. The van der Waals surface area contributed by atoms with Gasteiger partial charge in [-0.25, -0.2) is 0 Å². The maximum Gasteiger partial charge on any atom is 0.494 e. The zero-order valence-electron chi connectivity index (χ0n) is 45.2. The Morgan fingerprint density at radius 1 is 0.305 bits per heavy atom. The molecule has 15 aromatic rings. The SMILES string of the molecule is Brc1ccc(-c2ccc3c(c2)c2cc4c(cc2n3-c2ccccc2)c2ccccc2n4-c2ccccc2)cc1.C.CC1(C)OB(c2ccc3c(c2)c2cc4c(cc2n3-c2ccccc2)c2ccccc2n4-c2ccccc2)OC1(C)C.F. The smallest absolute Gasteiger partial charge is 0.399 e. The minimum Gasteiger partial charge on any atom is -0.399 e. The lowest BCUT2D eigenvalue weighted by molar-refractivity contribution is 0.00578. The maximum atomic E-state index is 6.46. The quantitative estimate of drug-likeness (QED) is 0.156. The molecule has 82 heavy (non-hydrogen) atoms. The highest BCUT2D eigenvalue weighted by Crippen LogP contribution is 2.43. The summed E-state index contributed by atoms with van der Waals surface area (Å²) in [6.45, 7) is 8.41. The number of benzene rings is 11. The maximum absolute atomic E-state index is 6.46. The van der Waals surface area contributed by atoms with Gasteiger partial charge in [-0.05, 0) is 160 Å². The first-order chi connectivity index (χ1) is 39.1. The van der Waals surface area contributed by atoms with Crippen LogP contribution in [-0.4, -0.2) is 36.6 Å². The summed E-state index contributed by atoms with van der Waals surface area (Å²) in [7, 11) is -0.418. The van der Waals surface area contributed by atoms with Crippen LogP contribution in [0.5, 0.6) is 0 Å². The molecule has 1 fully saturated rings. The highest BCUT2D eigenvalue weighted by molar-refractivity contribution is 9.10. The Labute approximate surface area is 484 Å². The number of hydrogen-bond acceptors (Lipinski definition) is 2. The number of halogens is 2. The normalized spacial score (nSPS) is 13.8. The van der Waals surface area contributed by atoms with Gasteiger partial charge < -0.3 is 27.6 Å². The Kier molecular flexibility index (Phi) is 12.9. The van der Waals surface area contributed by atoms with Crippen LogP contribution < -0.4 is 5.46 Å². The summed E-state index contributed by atoms with van der Waals surface area (Å²) in [5.41, 5.74) is 16.9. The zero-order chi connectivity index (χ0) is 53.9. The van der Waals surface area contributed by atoms with Crippen LogP contribution in [0, 0.1) is 0 Å². The monoisotopic (exact) mass is 1130 g/mol. The lowest BCUT2D eigenvalue weighted by Gasteiger charge is -2.32. The van der Waals surface area contributed by atoms with Gasteiger partial charge in [-0.3, -0.25) is 4.70 Å². The second-order valence-corrected chi connectivity index (χ2v) is 23.0. The topological polar surface area (TPSA) is 38.2 Å². The van der Waals surface area contributed by atoms with Crippen LogP contribution in [0.25, 0.3) is 121 Å². The third-order valence-corrected chi connectivity index (χ3v) is 17.4. The molecule has 0 unspecified atom stereocenters. The molecular formula is C73H59BBrFN4O2. The van der Waals surface area contributed by atoms with Gasteiger partial charge in [-0.2, -0.15) is 0 Å². The second-order valence-electron chi connectivity index (χ2n) is 22.1. The van der Waals surface area contributed by atoms with E-state index in [1.54, 1.807) is 0 Å². The molecule has 0 amide bonds. The molecule has 0 atom stereocenters. The molecule has 0 saturated carbocycles. The molecule has 0 spiro atoms. The molecule has 0 N–H and O–H groups in total. The summed E-state index contributed by atoms with van der Waals surface area (Å²) < 4.78 is 23.6. The van der Waals surface area contributed by atoms with E-state index in [-0.39, 0.29) is 12.1 Å². The number of rotatable bonds is 6. The minimum absolute atomic E-state index is 0. The van der Waals surface area contributed by atoms with E-state index >= 15 is 0 Å². The Bertz CT molecular complexity index is 4880. The van der Waals surface area contributed by atoms with E-state index in [1.807, 2.05) is 0 Å². The number of hydrogen-bond donors (Lipinski definition) is 0. The summed E-state index contributed by atoms with van der Waals surface area (Å²) in [4.78, 5) is 0. The van der Waals surface area contributed by atoms with Gasteiger partial charge in [0, 0.05) is 70.3 Å². The molecule has 0 bridgehead atoms. The van der Waals surface area contributed by atoms with Crippen molar-refractivity contribution in [2.45, 2.75) is 46.3 Å². The first-order valence-electron chi connectivity index (χ1n) is 27.4. The van der Waals surface area contributed by atoms with Gasteiger partial charge in [0.15, 0.2) is 0 Å². The second kappa shape index (κ2) is 20.2. The van der Waals surface area contributed by atoms with Crippen molar-refractivity contribution in [3.63, 3.8) is 0 Å². The Balaban J connectivity index is 0.000000150. The van der Waals surface area contributed by atoms with E-state index in [1.165, 1.54) is 104 Å². The lowest BCUT2D eigenvalue weighted by Crippen LogP contribution is -2.41. The number of para-hydroxylation sites is 6. The van der Waals surface area contributed by atoms with Gasteiger partial charge in [0.1, 0.15) is 0 Å². The van der Waals surface area contributed by atoms with E-state index in [0.29, 0.717) is 0 Å². The summed E-state index contributed by atoms with van der Waals surface area (Å²) in [5.74, 6) is 0. The molecule has 6 nitrogen and oxygen atoms in total. The summed E-state index contributed by atoms with van der Waals surface area (Å²) in [5, 5.41) is 9.90. The molecule has 0 radical (unpaired) electrons. The lowest BCUT2D eigenvalue weighted by atomic mass is 9.78. The fraction of sp³-hybridized carbons (Fsp3) is 0.0959.